The Bertz CT molecular complexity index is 1210. The molecule has 0 unspecified atom stereocenters. The first-order valence-corrected chi connectivity index (χ1v) is 11.4. The third-order valence-electron chi connectivity index (χ3n) is 5.87. The van der Waals surface area contributed by atoms with Crippen molar-refractivity contribution in [2.24, 2.45) is 0 Å². The van der Waals surface area contributed by atoms with Gasteiger partial charge in [0.15, 0.2) is 5.82 Å². The van der Waals surface area contributed by atoms with Gasteiger partial charge >= 0.3 is 0 Å². The number of fused-ring (bicyclic) bond motifs is 1. The second-order valence-electron chi connectivity index (χ2n) is 8.12. The van der Waals surface area contributed by atoms with Gasteiger partial charge < -0.3 is 19.1 Å². The minimum absolute atomic E-state index is 0.118. The second-order valence-corrected chi connectivity index (χ2v) is 8.12. The van der Waals surface area contributed by atoms with Gasteiger partial charge in [-0.05, 0) is 54.3 Å². The fourth-order valence-electron chi connectivity index (χ4n) is 4.11. The predicted molar refractivity (Wildman–Crippen MR) is 131 cm³/mol. The maximum absolute atomic E-state index is 16.0. The van der Waals surface area contributed by atoms with Crippen LogP contribution in [0.15, 0.2) is 66.7 Å². The molecule has 0 amide bonds. The predicted octanol–water partition coefficient (Wildman–Crippen LogP) is 6.22. The highest BCUT2D eigenvalue weighted by molar-refractivity contribution is 5.90. The molecule has 4 rings (SSSR count). The zero-order chi connectivity index (χ0) is 23.2. The number of nitrogens with zero attached hydrogens (tertiary/aromatic N) is 1. The van der Waals surface area contributed by atoms with Crippen LogP contribution in [0.4, 0.5) is 4.39 Å². The first kappa shape index (κ1) is 22.9. The summed E-state index contributed by atoms with van der Waals surface area (Å²) in [5.41, 5.74) is 4.12. The standard InChI is InChI=1S/C28H30FNO3/c1-3-4-17-33-22-13-14-25-24(18-22)27(29)28(23-7-5-6-8-26(23)32-2)30(25)19-21-11-9-20(10-12-21)15-16-31/h5-14,18,31H,3-4,15-17,19H2,1-2H3. The van der Waals surface area contributed by atoms with Crippen molar-refractivity contribution in [3.63, 3.8) is 0 Å². The van der Waals surface area contributed by atoms with E-state index in [0.717, 1.165) is 29.5 Å². The Morgan fingerprint density at radius 2 is 1.73 bits per heavy atom. The second kappa shape index (κ2) is 10.5. The lowest BCUT2D eigenvalue weighted by molar-refractivity contribution is 0.299. The average Bonchev–Trinajstić information content (AvgIpc) is 3.11. The fourth-order valence-corrected chi connectivity index (χ4v) is 4.11. The van der Waals surface area contributed by atoms with Crippen LogP contribution in [0, 0.1) is 5.82 Å². The van der Waals surface area contributed by atoms with Crippen LogP contribution in [0.25, 0.3) is 22.2 Å². The van der Waals surface area contributed by atoms with E-state index in [0.29, 0.717) is 47.7 Å². The summed E-state index contributed by atoms with van der Waals surface area (Å²) in [5, 5.41) is 9.71. The van der Waals surface area contributed by atoms with Crippen molar-refractivity contribution in [3.05, 3.63) is 83.7 Å². The minimum atomic E-state index is -0.285. The lowest BCUT2D eigenvalue weighted by Gasteiger charge is -2.14. The van der Waals surface area contributed by atoms with Gasteiger partial charge in [-0.15, -0.1) is 0 Å². The monoisotopic (exact) mass is 447 g/mol. The van der Waals surface area contributed by atoms with Crippen molar-refractivity contribution >= 4 is 10.9 Å². The third-order valence-corrected chi connectivity index (χ3v) is 5.87. The van der Waals surface area contributed by atoms with E-state index in [9.17, 15) is 5.11 Å². The molecular formula is C28H30FNO3. The molecule has 3 aromatic carbocycles. The molecule has 0 aliphatic carbocycles. The van der Waals surface area contributed by atoms with Crippen LogP contribution in [-0.4, -0.2) is 30.0 Å². The molecule has 0 spiro atoms. The van der Waals surface area contributed by atoms with Crippen molar-refractivity contribution in [1.82, 2.24) is 4.57 Å². The highest BCUT2D eigenvalue weighted by atomic mass is 19.1. The zero-order valence-electron chi connectivity index (χ0n) is 19.2. The van der Waals surface area contributed by atoms with Gasteiger partial charge in [0.05, 0.1) is 24.9 Å². The zero-order valence-corrected chi connectivity index (χ0v) is 19.2. The number of unbranched alkanes of at least 4 members (excludes halogenated alkanes) is 1. The average molecular weight is 448 g/mol. The molecule has 0 radical (unpaired) electrons. The van der Waals surface area contributed by atoms with Gasteiger partial charge in [0.2, 0.25) is 0 Å². The number of rotatable bonds is 10. The molecular weight excluding hydrogens is 417 g/mol. The van der Waals surface area contributed by atoms with Gasteiger partial charge in [0.25, 0.3) is 0 Å². The van der Waals surface area contributed by atoms with Gasteiger partial charge in [-0.1, -0.05) is 49.7 Å². The van der Waals surface area contributed by atoms with E-state index in [1.54, 1.807) is 13.2 Å². The topological polar surface area (TPSA) is 43.6 Å². The molecule has 0 saturated heterocycles. The van der Waals surface area contributed by atoms with Crippen LogP contribution in [0.2, 0.25) is 0 Å². The highest BCUT2D eigenvalue weighted by Gasteiger charge is 2.22. The van der Waals surface area contributed by atoms with Crippen LogP contribution in [0.1, 0.15) is 30.9 Å². The van der Waals surface area contributed by atoms with E-state index in [1.165, 1.54) is 0 Å². The van der Waals surface area contributed by atoms with E-state index < -0.39 is 0 Å². The minimum Gasteiger partial charge on any atom is -0.496 e. The number of methoxy groups -OCH3 is 1. The number of aliphatic hydroxyl groups excluding tert-OH is 1. The quantitative estimate of drug-likeness (QED) is 0.294. The molecule has 1 heterocycles. The van der Waals surface area contributed by atoms with Crippen LogP contribution in [-0.2, 0) is 13.0 Å². The molecule has 0 aliphatic rings. The van der Waals surface area contributed by atoms with Crippen molar-refractivity contribution in [3.8, 4) is 22.8 Å². The SMILES string of the molecule is CCCCOc1ccc2c(c1)c(F)c(-c1ccccc1OC)n2Cc1ccc(CCO)cc1. The normalized spacial score (nSPS) is 11.2. The summed E-state index contributed by atoms with van der Waals surface area (Å²) in [6.07, 6.45) is 2.62. The molecule has 0 fully saturated rings. The number of hydrogen-bond donors (Lipinski definition) is 1. The smallest absolute Gasteiger partial charge is 0.157 e. The maximum Gasteiger partial charge on any atom is 0.157 e. The van der Waals surface area contributed by atoms with Gasteiger partial charge in [-0.3, -0.25) is 0 Å². The summed E-state index contributed by atoms with van der Waals surface area (Å²) in [7, 11) is 1.60. The van der Waals surface area contributed by atoms with Gasteiger partial charge in [-0.2, -0.15) is 0 Å². The van der Waals surface area contributed by atoms with Crippen molar-refractivity contribution in [1.29, 1.82) is 0 Å². The molecule has 1 N–H and O–H groups in total. The van der Waals surface area contributed by atoms with E-state index in [4.69, 9.17) is 9.47 Å². The highest BCUT2D eigenvalue weighted by Crippen LogP contribution is 2.39. The van der Waals surface area contributed by atoms with E-state index >= 15 is 4.39 Å². The van der Waals surface area contributed by atoms with Gasteiger partial charge in [0, 0.05) is 24.1 Å². The van der Waals surface area contributed by atoms with Crippen LogP contribution in [0.3, 0.4) is 0 Å². The molecule has 0 atom stereocenters. The lowest BCUT2D eigenvalue weighted by atomic mass is 10.1. The molecule has 4 aromatic rings. The van der Waals surface area contributed by atoms with Crippen LogP contribution >= 0.6 is 0 Å². The molecule has 5 heteroatoms. The maximum atomic E-state index is 16.0. The molecule has 33 heavy (non-hydrogen) atoms. The molecule has 172 valence electrons. The first-order chi connectivity index (χ1) is 16.2. The largest absolute Gasteiger partial charge is 0.496 e. The Kier molecular flexibility index (Phi) is 7.30. The number of ether oxygens (including phenoxy) is 2. The van der Waals surface area contributed by atoms with Crippen LogP contribution in [0.5, 0.6) is 11.5 Å². The Labute approximate surface area is 194 Å². The summed E-state index contributed by atoms with van der Waals surface area (Å²) >= 11 is 0. The molecule has 0 saturated carbocycles. The van der Waals surface area contributed by atoms with E-state index in [1.807, 2.05) is 65.2 Å². The van der Waals surface area contributed by atoms with Crippen LogP contribution < -0.4 is 9.47 Å². The molecule has 4 nitrogen and oxygen atoms in total. The molecule has 0 aliphatic heterocycles. The third kappa shape index (κ3) is 4.88. The molecule has 0 bridgehead atoms. The van der Waals surface area contributed by atoms with E-state index in [-0.39, 0.29) is 12.4 Å². The Morgan fingerprint density at radius 1 is 0.970 bits per heavy atom. The number of para-hydroxylation sites is 1. The Morgan fingerprint density at radius 3 is 2.45 bits per heavy atom. The number of hydrogen-bond acceptors (Lipinski definition) is 3. The number of benzene rings is 3. The lowest BCUT2D eigenvalue weighted by Crippen LogP contribution is -2.04. The Balaban J connectivity index is 1.83. The van der Waals surface area contributed by atoms with Crippen molar-refractivity contribution in [2.75, 3.05) is 20.3 Å². The summed E-state index contributed by atoms with van der Waals surface area (Å²) in [4.78, 5) is 0. The summed E-state index contributed by atoms with van der Waals surface area (Å²) in [6.45, 7) is 3.35. The summed E-state index contributed by atoms with van der Waals surface area (Å²) in [5.74, 6) is 1.01. The van der Waals surface area contributed by atoms with Gasteiger partial charge in [-0.25, -0.2) is 4.39 Å². The van der Waals surface area contributed by atoms with Crippen molar-refractivity contribution in [2.45, 2.75) is 32.7 Å². The summed E-state index contributed by atoms with van der Waals surface area (Å²) in [6, 6.07) is 21.2. The Hall–Kier alpha value is -3.31. The van der Waals surface area contributed by atoms with Crippen molar-refractivity contribution < 1.29 is 19.0 Å². The summed E-state index contributed by atoms with van der Waals surface area (Å²) < 4.78 is 29.4. The molecule has 1 aromatic heterocycles. The number of aliphatic hydroxyl groups is 1. The van der Waals surface area contributed by atoms with Gasteiger partial charge in [0.1, 0.15) is 11.5 Å². The number of halogens is 1. The first-order valence-electron chi connectivity index (χ1n) is 11.4. The fraction of sp³-hybridized carbons (Fsp3) is 0.286. The van der Waals surface area contributed by atoms with E-state index in [2.05, 4.69) is 6.92 Å². The number of aromatic nitrogens is 1.